The fourth-order valence-electron chi connectivity index (χ4n) is 2.95. The zero-order chi connectivity index (χ0) is 21.3. The maximum atomic E-state index is 12.4. The van der Waals surface area contributed by atoms with Crippen molar-refractivity contribution < 1.29 is 14.3 Å². The van der Waals surface area contributed by atoms with Crippen LogP contribution in [0.3, 0.4) is 0 Å². The molecule has 0 unspecified atom stereocenters. The highest BCUT2D eigenvalue weighted by Crippen LogP contribution is 2.31. The highest BCUT2D eigenvalue weighted by Gasteiger charge is 2.13. The summed E-state index contributed by atoms with van der Waals surface area (Å²) >= 11 is 3.43. The van der Waals surface area contributed by atoms with Gasteiger partial charge in [-0.25, -0.2) is 0 Å². The van der Waals surface area contributed by atoms with Crippen molar-refractivity contribution in [1.29, 1.82) is 5.26 Å². The Morgan fingerprint density at radius 1 is 1.13 bits per heavy atom. The zero-order valence-electron chi connectivity index (χ0n) is 16.5. The molecule has 3 aromatic carbocycles. The number of amides is 1. The number of nitriles is 1. The molecule has 0 aromatic heterocycles. The van der Waals surface area contributed by atoms with Crippen molar-refractivity contribution in [1.82, 2.24) is 5.32 Å². The number of hydrogen-bond acceptors (Lipinski definition) is 4. The number of nitrogens with one attached hydrogen (secondary N) is 1. The Hall–Kier alpha value is -3.14. The molecule has 6 heteroatoms. The van der Waals surface area contributed by atoms with E-state index >= 15 is 0 Å². The fourth-order valence-corrected chi connectivity index (χ4v) is 3.21. The van der Waals surface area contributed by atoms with Crippen molar-refractivity contribution >= 4 is 38.7 Å². The number of fused-ring (bicyclic) bond motifs is 1. The molecule has 0 aliphatic heterocycles. The summed E-state index contributed by atoms with van der Waals surface area (Å²) < 4.78 is 12.0. The second-order valence-electron chi connectivity index (χ2n) is 6.53. The molecule has 5 nitrogen and oxygen atoms in total. The molecule has 0 saturated carbocycles. The second kappa shape index (κ2) is 10.6. The molecule has 0 aliphatic rings. The molecule has 0 bridgehead atoms. The minimum atomic E-state index is -0.443. The first-order chi connectivity index (χ1) is 14.6. The summed E-state index contributed by atoms with van der Waals surface area (Å²) in [5.41, 5.74) is 1.72. The minimum absolute atomic E-state index is 0.0101. The Bertz CT molecular complexity index is 1100. The lowest BCUT2D eigenvalue weighted by Crippen LogP contribution is -2.27. The van der Waals surface area contributed by atoms with Crippen molar-refractivity contribution in [3.8, 4) is 11.8 Å². The van der Waals surface area contributed by atoms with Gasteiger partial charge in [-0.1, -0.05) is 58.4 Å². The molecule has 30 heavy (non-hydrogen) atoms. The largest absolute Gasteiger partial charge is 0.488 e. The van der Waals surface area contributed by atoms with Gasteiger partial charge in [0.15, 0.2) is 0 Å². The van der Waals surface area contributed by atoms with Crippen molar-refractivity contribution in [2.75, 3.05) is 20.3 Å². The van der Waals surface area contributed by atoms with Gasteiger partial charge in [-0.2, -0.15) is 5.26 Å². The third kappa shape index (κ3) is 5.47. The molecule has 0 atom stereocenters. The molecular formula is C24H21BrN2O3. The maximum Gasteiger partial charge on any atom is 0.262 e. The monoisotopic (exact) mass is 464 g/mol. The Kier molecular flexibility index (Phi) is 7.61. The molecule has 3 aromatic rings. The van der Waals surface area contributed by atoms with Gasteiger partial charge in [-0.15, -0.1) is 0 Å². The van der Waals surface area contributed by atoms with E-state index in [9.17, 15) is 10.1 Å². The average Bonchev–Trinajstić information content (AvgIpc) is 2.77. The number of carbonyl (C=O) groups is 1. The molecule has 152 valence electrons. The average molecular weight is 465 g/mol. The highest BCUT2D eigenvalue weighted by atomic mass is 79.9. The summed E-state index contributed by atoms with van der Waals surface area (Å²) in [4.78, 5) is 12.4. The number of methoxy groups -OCH3 is 1. The molecule has 3 rings (SSSR count). The Morgan fingerprint density at radius 3 is 2.63 bits per heavy atom. The summed E-state index contributed by atoms with van der Waals surface area (Å²) in [6.07, 6.45) is 1.58. The first-order valence-corrected chi connectivity index (χ1v) is 10.2. The fraction of sp³-hybridized carbons (Fsp3) is 0.167. The summed E-state index contributed by atoms with van der Waals surface area (Å²) in [7, 11) is 1.55. The van der Waals surface area contributed by atoms with Gasteiger partial charge in [0.2, 0.25) is 0 Å². The SMILES string of the molecule is COCCNC(=O)/C(C#N)=C/c1c(OCc2ccc(Br)cc2)ccc2ccccc12. The van der Waals surface area contributed by atoms with E-state index in [0.717, 1.165) is 20.8 Å². The molecule has 0 spiro atoms. The van der Waals surface area contributed by atoms with Crippen LogP contribution in [0.1, 0.15) is 11.1 Å². The number of benzene rings is 3. The lowest BCUT2D eigenvalue weighted by atomic mass is 10.0. The van der Waals surface area contributed by atoms with E-state index < -0.39 is 5.91 Å². The van der Waals surface area contributed by atoms with E-state index in [0.29, 0.717) is 31.1 Å². The number of carbonyl (C=O) groups excluding carboxylic acids is 1. The van der Waals surface area contributed by atoms with Crippen LogP contribution in [0.5, 0.6) is 5.75 Å². The van der Waals surface area contributed by atoms with E-state index in [1.54, 1.807) is 13.2 Å². The van der Waals surface area contributed by atoms with Gasteiger partial charge in [0, 0.05) is 23.7 Å². The van der Waals surface area contributed by atoms with Crippen molar-refractivity contribution in [2.45, 2.75) is 6.61 Å². The van der Waals surface area contributed by atoms with Gasteiger partial charge in [0.05, 0.1) is 6.61 Å². The van der Waals surface area contributed by atoms with E-state index in [1.165, 1.54) is 0 Å². The van der Waals surface area contributed by atoms with Gasteiger partial charge in [0.25, 0.3) is 5.91 Å². The lowest BCUT2D eigenvalue weighted by molar-refractivity contribution is -0.117. The van der Waals surface area contributed by atoms with Crippen LogP contribution >= 0.6 is 15.9 Å². The maximum absolute atomic E-state index is 12.4. The molecule has 0 heterocycles. The normalized spacial score (nSPS) is 11.2. The van der Waals surface area contributed by atoms with Crippen molar-refractivity contribution in [3.63, 3.8) is 0 Å². The third-order valence-electron chi connectivity index (χ3n) is 4.48. The molecule has 0 saturated heterocycles. The molecule has 1 N–H and O–H groups in total. The van der Waals surface area contributed by atoms with E-state index in [1.807, 2.05) is 66.7 Å². The molecule has 1 amide bonds. The summed E-state index contributed by atoms with van der Waals surface area (Å²) in [5, 5.41) is 14.1. The standard InChI is InChI=1S/C24H21BrN2O3/c1-29-13-12-27-24(28)19(15-26)14-22-21-5-3-2-4-18(21)8-11-23(22)30-16-17-6-9-20(25)10-7-17/h2-11,14H,12-13,16H2,1H3,(H,27,28)/b19-14+. The third-order valence-corrected chi connectivity index (χ3v) is 5.01. The first kappa shape index (κ1) is 21.6. The first-order valence-electron chi connectivity index (χ1n) is 9.40. The Balaban J connectivity index is 1.95. The number of halogens is 1. The van der Waals surface area contributed by atoms with E-state index in [4.69, 9.17) is 9.47 Å². The number of hydrogen-bond donors (Lipinski definition) is 1. The molecule has 0 radical (unpaired) electrons. The van der Waals surface area contributed by atoms with E-state index in [-0.39, 0.29) is 5.57 Å². The van der Waals surface area contributed by atoms with Gasteiger partial charge in [0.1, 0.15) is 24.0 Å². The highest BCUT2D eigenvalue weighted by molar-refractivity contribution is 9.10. The van der Waals surface area contributed by atoms with Crippen LogP contribution in [-0.4, -0.2) is 26.2 Å². The second-order valence-corrected chi connectivity index (χ2v) is 7.45. The van der Waals surface area contributed by atoms with Crippen molar-refractivity contribution in [2.24, 2.45) is 0 Å². The summed E-state index contributed by atoms with van der Waals surface area (Å²) in [6.45, 7) is 1.07. The zero-order valence-corrected chi connectivity index (χ0v) is 18.1. The summed E-state index contributed by atoms with van der Waals surface area (Å²) in [6, 6.07) is 21.5. The van der Waals surface area contributed by atoms with Crippen molar-refractivity contribution in [3.05, 3.63) is 81.8 Å². The minimum Gasteiger partial charge on any atom is -0.488 e. The quantitative estimate of drug-likeness (QED) is 0.293. The topological polar surface area (TPSA) is 71.3 Å². The Morgan fingerprint density at radius 2 is 1.90 bits per heavy atom. The van der Waals surface area contributed by atoms with Crippen LogP contribution in [0.4, 0.5) is 0 Å². The molecular weight excluding hydrogens is 444 g/mol. The van der Waals surface area contributed by atoms with Crippen LogP contribution in [0.15, 0.2) is 70.7 Å². The number of nitrogens with zero attached hydrogens (tertiary/aromatic N) is 1. The smallest absolute Gasteiger partial charge is 0.262 e. The van der Waals surface area contributed by atoms with Crippen LogP contribution in [0.25, 0.3) is 16.8 Å². The summed E-state index contributed by atoms with van der Waals surface area (Å²) in [5.74, 6) is 0.162. The van der Waals surface area contributed by atoms with Crippen LogP contribution < -0.4 is 10.1 Å². The van der Waals surface area contributed by atoms with Crippen LogP contribution in [0.2, 0.25) is 0 Å². The van der Waals surface area contributed by atoms with Gasteiger partial charge >= 0.3 is 0 Å². The predicted molar refractivity (Wildman–Crippen MR) is 121 cm³/mol. The molecule has 0 fully saturated rings. The van der Waals surface area contributed by atoms with Gasteiger partial charge in [-0.3, -0.25) is 4.79 Å². The lowest BCUT2D eigenvalue weighted by Gasteiger charge is -2.13. The van der Waals surface area contributed by atoms with E-state index in [2.05, 4.69) is 21.2 Å². The van der Waals surface area contributed by atoms with Gasteiger partial charge < -0.3 is 14.8 Å². The van der Waals surface area contributed by atoms with Crippen LogP contribution in [-0.2, 0) is 16.1 Å². The van der Waals surface area contributed by atoms with Crippen LogP contribution in [0, 0.1) is 11.3 Å². The predicted octanol–water partition coefficient (Wildman–Crippen LogP) is 4.85. The Labute approximate surface area is 184 Å². The molecule has 0 aliphatic carbocycles. The number of rotatable bonds is 8. The van der Waals surface area contributed by atoms with Gasteiger partial charge in [-0.05, 0) is 40.6 Å². The number of ether oxygens (including phenoxy) is 2.